The highest BCUT2D eigenvalue weighted by molar-refractivity contribution is 6.13. The summed E-state index contributed by atoms with van der Waals surface area (Å²) in [7, 11) is 0. The number of carbonyl (C=O) groups excluding carboxylic acids is 2. The molecule has 0 aromatic heterocycles. The fourth-order valence-electron chi connectivity index (χ4n) is 3.16. The van der Waals surface area contributed by atoms with E-state index in [0.717, 1.165) is 29.7 Å². The predicted octanol–water partition coefficient (Wildman–Crippen LogP) is 3.93. The van der Waals surface area contributed by atoms with Gasteiger partial charge in [-0.15, -0.1) is 0 Å². The maximum atomic E-state index is 12.9. The third kappa shape index (κ3) is 3.19. The number of rotatable bonds is 6. The van der Waals surface area contributed by atoms with Crippen molar-refractivity contribution in [2.75, 3.05) is 5.32 Å². The van der Waals surface area contributed by atoms with Crippen molar-refractivity contribution in [3.8, 4) is 0 Å². The van der Waals surface area contributed by atoms with Crippen LogP contribution in [0, 0.1) is 5.41 Å². The molecule has 2 saturated carbocycles. The first-order valence-electron chi connectivity index (χ1n) is 9.10. The van der Waals surface area contributed by atoms with Crippen LogP contribution in [0.3, 0.4) is 0 Å². The summed E-state index contributed by atoms with van der Waals surface area (Å²) >= 11 is 0. The number of nitrogens with one attached hydrogen (secondary N) is 2. The van der Waals surface area contributed by atoms with Crippen LogP contribution in [0.5, 0.6) is 0 Å². The Balaban J connectivity index is 1.84. The van der Waals surface area contributed by atoms with Gasteiger partial charge in [-0.1, -0.05) is 45.9 Å². The molecular formula is C20H28N2O2. The zero-order valence-corrected chi connectivity index (χ0v) is 15.1. The lowest BCUT2D eigenvalue weighted by atomic mass is 9.92. The lowest BCUT2D eigenvalue weighted by Gasteiger charge is -2.22. The summed E-state index contributed by atoms with van der Waals surface area (Å²) in [5, 5.41) is 6.12. The van der Waals surface area contributed by atoms with Crippen LogP contribution < -0.4 is 10.6 Å². The van der Waals surface area contributed by atoms with Crippen molar-refractivity contribution < 1.29 is 9.59 Å². The smallest absolute Gasteiger partial charge is 0.240 e. The zero-order chi connectivity index (χ0) is 17.5. The third-order valence-electron chi connectivity index (χ3n) is 5.14. The molecule has 2 aliphatic rings. The van der Waals surface area contributed by atoms with Gasteiger partial charge in [-0.25, -0.2) is 0 Å². The molecule has 130 valence electrons. The van der Waals surface area contributed by atoms with Crippen molar-refractivity contribution in [2.24, 2.45) is 5.41 Å². The second kappa shape index (κ2) is 6.23. The zero-order valence-electron chi connectivity index (χ0n) is 15.1. The van der Waals surface area contributed by atoms with Gasteiger partial charge in [-0.3, -0.25) is 9.59 Å². The summed E-state index contributed by atoms with van der Waals surface area (Å²) < 4.78 is 0. The first-order valence-corrected chi connectivity index (χ1v) is 9.10. The van der Waals surface area contributed by atoms with E-state index in [9.17, 15) is 9.59 Å². The Morgan fingerprint density at radius 1 is 1.00 bits per heavy atom. The number of anilines is 1. The van der Waals surface area contributed by atoms with E-state index in [1.165, 1.54) is 0 Å². The highest BCUT2D eigenvalue weighted by Crippen LogP contribution is 2.48. The van der Waals surface area contributed by atoms with Crippen molar-refractivity contribution in [1.29, 1.82) is 0 Å². The fraction of sp³-hybridized carbons (Fsp3) is 0.600. The summed E-state index contributed by atoms with van der Waals surface area (Å²) in [5.41, 5.74) is 2.32. The predicted molar refractivity (Wildman–Crippen MR) is 96.1 cm³/mol. The van der Waals surface area contributed by atoms with Gasteiger partial charge in [-0.05, 0) is 48.6 Å². The SMILES string of the molecule is CC(C)c1cccc(C(C)C)c1NC(=O)C1(C(=O)NC2CC2)CC1. The highest BCUT2D eigenvalue weighted by atomic mass is 16.2. The Kier molecular flexibility index (Phi) is 4.41. The van der Waals surface area contributed by atoms with Crippen molar-refractivity contribution in [1.82, 2.24) is 5.32 Å². The molecular weight excluding hydrogens is 300 g/mol. The Hall–Kier alpha value is -1.84. The molecule has 0 heterocycles. The lowest BCUT2D eigenvalue weighted by Crippen LogP contribution is -2.41. The van der Waals surface area contributed by atoms with Crippen molar-refractivity contribution in [2.45, 2.75) is 71.3 Å². The monoisotopic (exact) mass is 328 g/mol. The largest absolute Gasteiger partial charge is 0.352 e. The van der Waals surface area contributed by atoms with E-state index in [1.54, 1.807) is 0 Å². The van der Waals surface area contributed by atoms with E-state index < -0.39 is 5.41 Å². The molecule has 3 rings (SSSR count). The average molecular weight is 328 g/mol. The molecule has 1 aromatic carbocycles. The van der Waals surface area contributed by atoms with Gasteiger partial charge in [0.1, 0.15) is 5.41 Å². The van der Waals surface area contributed by atoms with Gasteiger partial charge in [0.05, 0.1) is 0 Å². The summed E-state index contributed by atoms with van der Waals surface area (Å²) in [4.78, 5) is 25.4. The van der Waals surface area contributed by atoms with Crippen LogP contribution in [-0.4, -0.2) is 17.9 Å². The maximum Gasteiger partial charge on any atom is 0.240 e. The number of hydrogen-bond donors (Lipinski definition) is 2. The number of hydrogen-bond acceptors (Lipinski definition) is 2. The van der Waals surface area contributed by atoms with Gasteiger partial charge in [-0.2, -0.15) is 0 Å². The Morgan fingerprint density at radius 3 is 1.96 bits per heavy atom. The second-order valence-corrected chi connectivity index (χ2v) is 7.90. The molecule has 0 spiro atoms. The van der Waals surface area contributed by atoms with E-state index in [2.05, 4.69) is 50.5 Å². The van der Waals surface area contributed by atoms with Gasteiger partial charge in [0.2, 0.25) is 11.8 Å². The molecule has 2 amide bonds. The molecule has 4 heteroatoms. The van der Waals surface area contributed by atoms with Crippen LogP contribution >= 0.6 is 0 Å². The molecule has 0 bridgehead atoms. The third-order valence-corrected chi connectivity index (χ3v) is 5.14. The van der Waals surface area contributed by atoms with Crippen molar-refractivity contribution >= 4 is 17.5 Å². The van der Waals surface area contributed by atoms with Crippen molar-refractivity contribution in [3.63, 3.8) is 0 Å². The molecule has 24 heavy (non-hydrogen) atoms. The number of para-hydroxylation sites is 1. The number of amides is 2. The molecule has 2 fully saturated rings. The molecule has 1 aromatic rings. The molecule has 0 atom stereocenters. The summed E-state index contributed by atoms with van der Waals surface area (Å²) in [6, 6.07) is 6.47. The molecule has 2 N–H and O–H groups in total. The minimum absolute atomic E-state index is 0.0874. The molecule has 0 unspecified atom stereocenters. The van der Waals surface area contributed by atoms with E-state index in [4.69, 9.17) is 0 Å². The minimum Gasteiger partial charge on any atom is -0.352 e. The standard InChI is InChI=1S/C20H28N2O2/c1-12(2)15-6-5-7-16(13(3)4)17(15)22-19(24)20(10-11-20)18(23)21-14-8-9-14/h5-7,12-14H,8-11H2,1-4H3,(H,21,23)(H,22,24). The minimum atomic E-state index is -0.846. The van der Waals surface area contributed by atoms with Crippen LogP contribution in [0.2, 0.25) is 0 Å². The van der Waals surface area contributed by atoms with Crippen LogP contribution in [0.4, 0.5) is 5.69 Å². The lowest BCUT2D eigenvalue weighted by molar-refractivity contribution is -0.134. The highest BCUT2D eigenvalue weighted by Gasteiger charge is 2.57. The van der Waals surface area contributed by atoms with E-state index in [1.807, 2.05) is 6.07 Å². The number of benzene rings is 1. The van der Waals surface area contributed by atoms with E-state index in [-0.39, 0.29) is 17.9 Å². The van der Waals surface area contributed by atoms with Crippen LogP contribution in [0.15, 0.2) is 18.2 Å². The van der Waals surface area contributed by atoms with Gasteiger partial charge in [0, 0.05) is 11.7 Å². The molecule has 0 saturated heterocycles. The topological polar surface area (TPSA) is 58.2 Å². The summed E-state index contributed by atoms with van der Waals surface area (Å²) in [5.74, 6) is 0.398. The molecule has 0 aliphatic heterocycles. The van der Waals surface area contributed by atoms with E-state index in [0.29, 0.717) is 24.7 Å². The van der Waals surface area contributed by atoms with Crippen LogP contribution in [0.1, 0.15) is 76.3 Å². The Morgan fingerprint density at radius 2 is 1.54 bits per heavy atom. The van der Waals surface area contributed by atoms with E-state index >= 15 is 0 Å². The number of carbonyl (C=O) groups is 2. The molecule has 0 radical (unpaired) electrons. The quantitative estimate of drug-likeness (QED) is 0.777. The Bertz CT molecular complexity index is 629. The van der Waals surface area contributed by atoms with Crippen LogP contribution in [-0.2, 0) is 9.59 Å². The first kappa shape index (κ1) is 17.0. The summed E-state index contributed by atoms with van der Waals surface area (Å²) in [6.07, 6.45) is 3.38. The van der Waals surface area contributed by atoms with Crippen LogP contribution in [0.25, 0.3) is 0 Å². The normalized spacial score (nSPS) is 18.6. The van der Waals surface area contributed by atoms with Gasteiger partial charge in [0.25, 0.3) is 0 Å². The molecule has 2 aliphatic carbocycles. The summed E-state index contributed by atoms with van der Waals surface area (Å²) in [6.45, 7) is 8.51. The van der Waals surface area contributed by atoms with Gasteiger partial charge in [0.15, 0.2) is 0 Å². The Labute approximate surface area is 144 Å². The van der Waals surface area contributed by atoms with Crippen molar-refractivity contribution in [3.05, 3.63) is 29.3 Å². The fourth-order valence-corrected chi connectivity index (χ4v) is 3.16. The van der Waals surface area contributed by atoms with Gasteiger partial charge < -0.3 is 10.6 Å². The first-order chi connectivity index (χ1) is 11.3. The average Bonchev–Trinajstić information content (AvgIpc) is 3.41. The van der Waals surface area contributed by atoms with Gasteiger partial charge >= 0.3 is 0 Å². The molecule has 4 nitrogen and oxygen atoms in total. The maximum absolute atomic E-state index is 12.9. The second-order valence-electron chi connectivity index (χ2n) is 7.90.